The fraction of sp³-hybridized carbons (Fsp3) is 0.267. The topological polar surface area (TPSA) is 87.1 Å². The molecule has 0 saturated heterocycles. The Labute approximate surface area is 123 Å². The zero-order chi connectivity index (χ0) is 15.5. The molecular formula is C15H18N4O2. The van der Waals surface area contributed by atoms with Crippen LogP contribution in [0.5, 0.6) is 0 Å². The van der Waals surface area contributed by atoms with Crippen LogP contribution in [0.3, 0.4) is 0 Å². The Bertz CT molecular complexity index is 633. The summed E-state index contributed by atoms with van der Waals surface area (Å²) in [6.07, 6.45) is 1.47. The highest BCUT2D eigenvalue weighted by molar-refractivity contribution is 5.88. The van der Waals surface area contributed by atoms with Crippen LogP contribution in [0, 0.1) is 0 Å². The number of hydrogen-bond donors (Lipinski definition) is 3. The largest absolute Gasteiger partial charge is 0.478 e. The van der Waals surface area contributed by atoms with E-state index in [0.29, 0.717) is 5.82 Å². The molecule has 3 N–H and O–H groups in total. The number of aromatic carboxylic acids is 1. The second kappa shape index (κ2) is 5.78. The molecule has 0 amide bonds. The minimum Gasteiger partial charge on any atom is -0.478 e. The fourth-order valence-corrected chi connectivity index (χ4v) is 1.72. The van der Waals surface area contributed by atoms with Gasteiger partial charge in [0.05, 0.1) is 5.56 Å². The van der Waals surface area contributed by atoms with Crippen LogP contribution in [0.25, 0.3) is 0 Å². The molecule has 0 bridgehead atoms. The molecule has 2 aromatic rings. The van der Waals surface area contributed by atoms with Gasteiger partial charge in [0.15, 0.2) is 0 Å². The van der Waals surface area contributed by atoms with Crippen LogP contribution in [0.2, 0.25) is 0 Å². The van der Waals surface area contributed by atoms with Gasteiger partial charge in [-0.2, -0.15) is 0 Å². The van der Waals surface area contributed by atoms with Gasteiger partial charge in [0.25, 0.3) is 0 Å². The number of carboxylic acids is 1. The van der Waals surface area contributed by atoms with Crippen molar-refractivity contribution >= 4 is 23.3 Å². The van der Waals surface area contributed by atoms with Crippen molar-refractivity contribution in [1.82, 2.24) is 9.97 Å². The van der Waals surface area contributed by atoms with E-state index in [1.165, 1.54) is 6.33 Å². The number of benzene rings is 1. The van der Waals surface area contributed by atoms with Crippen molar-refractivity contribution in [2.24, 2.45) is 0 Å². The van der Waals surface area contributed by atoms with Crippen molar-refractivity contribution in [1.29, 1.82) is 0 Å². The maximum absolute atomic E-state index is 10.8. The number of hydrogen-bond acceptors (Lipinski definition) is 5. The van der Waals surface area contributed by atoms with E-state index in [9.17, 15) is 4.79 Å². The fourth-order valence-electron chi connectivity index (χ4n) is 1.72. The quantitative estimate of drug-likeness (QED) is 0.800. The van der Waals surface area contributed by atoms with Crippen LogP contribution in [-0.2, 0) is 0 Å². The molecule has 0 fully saturated rings. The Kier molecular flexibility index (Phi) is 4.07. The molecule has 6 heteroatoms. The number of nitrogens with one attached hydrogen (secondary N) is 2. The van der Waals surface area contributed by atoms with Gasteiger partial charge in [0.1, 0.15) is 18.0 Å². The summed E-state index contributed by atoms with van der Waals surface area (Å²) < 4.78 is 0. The van der Waals surface area contributed by atoms with Crippen molar-refractivity contribution in [2.45, 2.75) is 26.3 Å². The number of anilines is 3. The van der Waals surface area contributed by atoms with Crippen molar-refractivity contribution in [3.8, 4) is 0 Å². The van der Waals surface area contributed by atoms with E-state index < -0.39 is 5.97 Å². The molecule has 0 aliphatic heterocycles. The summed E-state index contributed by atoms with van der Waals surface area (Å²) in [5.74, 6) is 0.419. The first kappa shape index (κ1) is 14.8. The molecule has 0 atom stereocenters. The van der Waals surface area contributed by atoms with Crippen LogP contribution in [0.1, 0.15) is 31.1 Å². The van der Waals surface area contributed by atoms with Crippen LogP contribution in [0.15, 0.2) is 36.7 Å². The normalized spacial score (nSPS) is 11.0. The lowest BCUT2D eigenvalue weighted by Crippen LogP contribution is -2.26. The van der Waals surface area contributed by atoms with Gasteiger partial charge in [-0.15, -0.1) is 0 Å². The molecule has 0 radical (unpaired) electrons. The standard InChI is InChI=1S/C15H18N4O2/c1-15(2,3)19-13-8-12(16-9-17-13)18-11-6-4-10(5-7-11)14(20)21/h4-9H,1-3H3,(H,20,21)(H2,16,17,18,19). The second-order valence-corrected chi connectivity index (χ2v) is 5.67. The van der Waals surface area contributed by atoms with Gasteiger partial charge in [-0.3, -0.25) is 0 Å². The predicted octanol–water partition coefficient (Wildman–Crippen LogP) is 3.13. The van der Waals surface area contributed by atoms with Crippen molar-refractivity contribution in [2.75, 3.05) is 10.6 Å². The first-order valence-electron chi connectivity index (χ1n) is 6.54. The summed E-state index contributed by atoms with van der Waals surface area (Å²) in [5, 5.41) is 15.2. The van der Waals surface area contributed by atoms with Gasteiger partial charge in [-0.05, 0) is 45.0 Å². The zero-order valence-corrected chi connectivity index (χ0v) is 12.2. The van der Waals surface area contributed by atoms with Crippen molar-refractivity contribution < 1.29 is 9.90 Å². The molecule has 2 rings (SSSR count). The molecule has 1 aromatic heterocycles. The monoisotopic (exact) mass is 286 g/mol. The van der Waals surface area contributed by atoms with Crippen LogP contribution in [0.4, 0.5) is 17.3 Å². The lowest BCUT2D eigenvalue weighted by molar-refractivity contribution is 0.0697. The smallest absolute Gasteiger partial charge is 0.335 e. The maximum atomic E-state index is 10.8. The number of rotatable bonds is 4. The third-order valence-electron chi connectivity index (χ3n) is 2.57. The average molecular weight is 286 g/mol. The third-order valence-corrected chi connectivity index (χ3v) is 2.57. The molecule has 0 saturated carbocycles. The summed E-state index contributed by atoms with van der Waals surface area (Å²) in [6, 6.07) is 8.28. The number of carbonyl (C=O) groups is 1. The van der Waals surface area contributed by atoms with Crippen LogP contribution in [-0.4, -0.2) is 26.6 Å². The third kappa shape index (κ3) is 4.45. The summed E-state index contributed by atoms with van der Waals surface area (Å²) >= 11 is 0. The molecule has 21 heavy (non-hydrogen) atoms. The maximum Gasteiger partial charge on any atom is 0.335 e. The van der Waals surface area contributed by atoms with Crippen molar-refractivity contribution in [3.63, 3.8) is 0 Å². The molecular weight excluding hydrogens is 268 g/mol. The van der Waals surface area contributed by atoms with E-state index in [2.05, 4.69) is 20.6 Å². The average Bonchev–Trinajstić information content (AvgIpc) is 2.37. The Morgan fingerprint density at radius 3 is 2.29 bits per heavy atom. The lowest BCUT2D eigenvalue weighted by atomic mass is 10.1. The first-order chi connectivity index (χ1) is 9.83. The van der Waals surface area contributed by atoms with Gasteiger partial charge < -0.3 is 15.7 Å². The number of aromatic nitrogens is 2. The summed E-state index contributed by atoms with van der Waals surface area (Å²) in [6.45, 7) is 6.15. The van der Waals surface area contributed by atoms with Crippen molar-refractivity contribution in [3.05, 3.63) is 42.2 Å². The molecule has 1 aromatic carbocycles. The molecule has 0 unspecified atom stereocenters. The van der Waals surface area contributed by atoms with E-state index in [1.54, 1.807) is 30.3 Å². The highest BCUT2D eigenvalue weighted by atomic mass is 16.4. The second-order valence-electron chi connectivity index (χ2n) is 5.67. The molecule has 110 valence electrons. The Balaban J connectivity index is 2.12. The molecule has 0 aliphatic rings. The van der Waals surface area contributed by atoms with E-state index in [0.717, 1.165) is 11.5 Å². The van der Waals surface area contributed by atoms with Gasteiger partial charge in [0.2, 0.25) is 0 Å². The van der Waals surface area contributed by atoms with Gasteiger partial charge in [0, 0.05) is 17.3 Å². The predicted molar refractivity (Wildman–Crippen MR) is 82.1 cm³/mol. The Morgan fingerprint density at radius 2 is 1.71 bits per heavy atom. The van der Waals surface area contributed by atoms with E-state index in [-0.39, 0.29) is 11.1 Å². The highest BCUT2D eigenvalue weighted by Gasteiger charge is 2.10. The molecule has 1 heterocycles. The van der Waals surface area contributed by atoms with Gasteiger partial charge in [-0.1, -0.05) is 0 Å². The minimum atomic E-state index is -0.944. The summed E-state index contributed by atoms with van der Waals surface area (Å²) in [5.41, 5.74) is 0.924. The Hall–Kier alpha value is -2.63. The summed E-state index contributed by atoms with van der Waals surface area (Å²) in [4.78, 5) is 19.1. The number of nitrogens with zero attached hydrogens (tertiary/aromatic N) is 2. The molecule has 6 nitrogen and oxygen atoms in total. The minimum absolute atomic E-state index is 0.0885. The lowest BCUT2D eigenvalue weighted by Gasteiger charge is -2.21. The Morgan fingerprint density at radius 1 is 1.10 bits per heavy atom. The molecule has 0 aliphatic carbocycles. The van der Waals surface area contributed by atoms with Gasteiger partial charge >= 0.3 is 5.97 Å². The SMILES string of the molecule is CC(C)(C)Nc1cc(Nc2ccc(C(=O)O)cc2)ncn1. The van der Waals surface area contributed by atoms with Crippen LogP contribution < -0.4 is 10.6 Å². The molecule has 0 spiro atoms. The van der Waals surface area contributed by atoms with E-state index in [1.807, 2.05) is 20.8 Å². The number of carboxylic acid groups (broad SMARTS) is 1. The van der Waals surface area contributed by atoms with Gasteiger partial charge in [-0.25, -0.2) is 14.8 Å². The summed E-state index contributed by atoms with van der Waals surface area (Å²) in [7, 11) is 0. The first-order valence-corrected chi connectivity index (χ1v) is 6.54. The van der Waals surface area contributed by atoms with E-state index >= 15 is 0 Å². The highest BCUT2D eigenvalue weighted by Crippen LogP contribution is 2.18. The van der Waals surface area contributed by atoms with E-state index in [4.69, 9.17) is 5.11 Å². The zero-order valence-electron chi connectivity index (χ0n) is 12.2. The van der Waals surface area contributed by atoms with Crippen LogP contribution >= 0.6 is 0 Å².